The van der Waals surface area contributed by atoms with Gasteiger partial charge in [0.05, 0.1) is 0 Å². The van der Waals surface area contributed by atoms with Crippen LogP contribution in [0.15, 0.2) is 48.5 Å². The lowest BCUT2D eigenvalue weighted by molar-refractivity contribution is 0.0682. The van der Waals surface area contributed by atoms with Crippen LogP contribution < -0.4 is 0 Å². The van der Waals surface area contributed by atoms with Gasteiger partial charge in [-0.2, -0.15) is 0 Å². The number of aromatic hydroxyl groups is 3. The average molecular weight is 408 g/mol. The molecular weight excluding hydrogens is 388 g/mol. The number of benzene rings is 3. The Morgan fingerprint density at radius 1 is 0.667 bits per heavy atom. The number of aryl methyl sites for hydroxylation is 2. The van der Waals surface area contributed by atoms with E-state index in [9.17, 15) is 35.1 Å². The summed E-state index contributed by atoms with van der Waals surface area (Å²) < 4.78 is 0. The van der Waals surface area contributed by atoms with E-state index in [-0.39, 0.29) is 28.4 Å². The summed E-state index contributed by atoms with van der Waals surface area (Å²) in [4.78, 5) is 23.2. The Bertz CT molecular complexity index is 1080. The van der Waals surface area contributed by atoms with Gasteiger partial charge in [0, 0.05) is 5.92 Å². The molecule has 0 saturated carbocycles. The molecule has 0 spiro atoms. The average Bonchev–Trinajstić information content (AvgIpc) is 2.68. The molecule has 0 aliphatic rings. The highest BCUT2D eigenvalue weighted by molar-refractivity contribution is 5.92. The van der Waals surface area contributed by atoms with Crippen molar-refractivity contribution in [3.8, 4) is 17.2 Å². The van der Waals surface area contributed by atoms with Crippen molar-refractivity contribution in [2.45, 2.75) is 19.8 Å². The molecule has 0 amide bonds. The fourth-order valence-corrected chi connectivity index (χ4v) is 3.52. The van der Waals surface area contributed by atoms with Crippen LogP contribution in [0, 0.1) is 13.8 Å². The number of rotatable bonds is 5. The van der Waals surface area contributed by atoms with E-state index in [2.05, 4.69) is 0 Å². The van der Waals surface area contributed by atoms with Gasteiger partial charge in [0.15, 0.2) is 0 Å². The topological polar surface area (TPSA) is 135 Å². The van der Waals surface area contributed by atoms with Crippen LogP contribution in [0.25, 0.3) is 0 Å². The molecule has 0 aliphatic carbocycles. The Balaban J connectivity index is 2.33. The van der Waals surface area contributed by atoms with Gasteiger partial charge in [-0.1, -0.05) is 24.3 Å². The minimum atomic E-state index is -1.30. The Hall–Kier alpha value is -4.00. The standard InChI is InChI=1S/C23H20O7/c1-11-7-14(9-17(20(11)25)22(27)28)19(13-3-5-16(24)6-4-13)15-8-12(2)21(26)18(10-15)23(29)30/h3-10,19,24-26H,1-2H3,(H,27,28)(H,29,30). The third-order valence-corrected chi connectivity index (χ3v) is 5.00. The smallest absolute Gasteiger partial charge is 0.339 e. The highest BCUT2D eigenvalue weighted by Gasteiger charge is 2.24. The first-order valence-corrected chi connectivity index (χ1v) is 9.02. The first kappa shape index (κ1) is 20.7. The molecule has 0 bridgehead atoms. The highest BCUT2D eigenvalue weighted by Crippen LogP contribution is 2.38. The Morgan fingerprint density at radius 3 is 1.43 bits per heavy atom. The van der Waals surface area contributed by atoms with Crippen molar-refractivity contribution >= 4 is 11.9 Å². The van der Waals surface area contributed by atoms with Crippen LogP contribution in [-0.2, 0) is 0 Å². The minimum absolute atomic E-state index is 0.0405. The molecule has 3 rings (SSSR count). The quantitative estimate of drug-likeness (QED) is 0.403. The molecule has 0 radical (unpaired) electrons. The fourth-order valence-electron chi connectivity index (χ4n) is 3.52. The lowest BCUT2D eigenvalue weighted by Gasteiger charge is -2.22. The summed E-state index contributed by atoms with van der Waals surface area (Å²) in [6.45, 7) is 3.15. The molecule has 30 heavy (non-hydrogen) atoms. The third kappa shape index (κ3) is 3.77. The number of hydrogen-bond donors (Lipinski definition) is 5. The SMILES string of the molecule is Cc1cc(C(c2ccc(O)cc2)c2cc(C)c(O)c(C(=O)O)c2)cc(C(=O)O)c1O. The summed E-state index contributed by atoms with van der Waals surface area (Å²) in [5, 5.41) is 48.8. The number of carbonyl (C=O) groups is 2. The number of aromatic carboxylic acids is 2. The predicted octanol–water partition coefficient (Wildman–Crippen LogP) is 4.00. The summed E-state index contributed by atoms with van der Waals surface area (Å²) in [6.07, 6.45) is 0. The van der Waals surface area contributed by atoms with Crippen LogP contribution in [0.2, 0.25) is 0 Å². The van der Waals surface area contributed by atoms with Gasteiger partial charge in [0.25, 0.3) is 0 Å². The lowest BCUT2D eigenvalue weighted by Crippen LogP contribution is -2.09. The van der Waals surface area contributed by atoms with Crippen LogP contribution in [0.1, 0.15) is 54.5 Å². The van der Waals surface area contributed by atoms with Crippen molar-refractivity contribution in [3.05, 3.63) is 87.5 Å². The second kappa shape index (κ2) is 7.79. The minimum Gasteiger partial charge on any atom is -0.508 e. The molecular formula is C23H20O7. The molecule has 5 N–H and O–H groups in total. The van der Waals surface area contributed by atoms with Gasteiger partial charge in [-0.3, -0.25) is 0 Å². The second-order valence-electron chi connectivity index (χ2n) is 7.10. The zero-order chi connectivity index (χ0) is 22.2. The van der Waals surface area contributed by atoms with Crippen LogP contribution in [-0.4, -0.2) is 37.5 Å². The van der Waals surface area contributed by atoms with Crippen molar-refractivity contribution in [2.75, 3.05) is 0 Å². The zero-order valence-corrected chi connectivity index (χ0v) is 16.2. The summed E-state index contributed by atoms with van der Waals surface area (Å²) in [5.74, 6) is -3.85. The van der Waals surface area contributed by atoms with Gasteiger partial charge >= 0.3 is 11.9 Å². The molecule has 3 aromatic rings. The number of phenols is 3. The van der Waals surface area contributed by atoms with Crippen molar-refractivity contribution in [1.82, 2.24) is 0 Å². The van der Waals surface area contributed by atoms with Gasteiger partial charge in [-0.25, -0.2) is 9.59 Å². The number of hydrogen-bond acceptors (Lipinski definition) is 5. The first-order valence-electron chi connectivity index (χ1n) is 9.02. The summed E-state index contributed by atoms with van der Waals surface area (Å²) in [5.41, 5.74) is 1.83. The van der Waals surface area contributed by atoms with E-state index in [0.29, 0.717) is 27.8 Å². The normalized spacial score (nSPS) is 10.9. The first-order chi connectivity index (χ1) is 14.1. The zero-order valence-electron chi connectivity index (χ0n) is 16.2. The molecule has 0 saturated heterocycles. The van der Waals surface area contributed by atoms with E-state index in [4.69, 9.17) is 0 Å². The predicted molar refractivity (Wildman–Crippen MR) is 109 cm³/mol. The summed E-state index contributed by atoms with van der Waals surface area (Å²) in [7, 11) is 0. The van der Waals surface area contributed by atoms with Gasteiger partial charge in [0.2, 0.25) is 0 Å². The van der Waals surface area contributed by atoms with Crippen LogP contribution in [0.3, 0.4) is 0 Å². The van der Waals surface area contributed by atoms with Gasteiger partial charge in [-0.05, 0) is 65.9 Å². The van der Waals surface area contributed by atoms with E-state index in [0.717, 1.165) is 0 Å². The van der Waals surface area contributed by atoms with E-state index in [1.165, 1.54) is 24.3 Å². The molecule has 0 atom stereocenters. The van der Waals surface area contributed by atoms with Gasteiger partial charge in [0.1, 0.15) is 28.4 Å². The van der Waals surface area contributed by atoms with E-state index in [1.54, 1.807) is 38.1 Å². The maximum absolute atomic E-state index is 11.6. The molecule has 3 aromatic carbocycles. The number of carboxylic acid groups (broad SMARTS) is 2. The highest BCUT2D eigenvalue weighted by atomic mass is 16.4. The number of carboxylic acids is 2. The molecule has 0 fully saturated rings. The maximum atomic E-state index is 11.6. The largest absolute Gasteiger partial charge is 0.508 e. The third-order valence-electron chi connectivity index (χ3n) is 5.00. The van der Waals surface area contributed by atoms with Crippen molar-refractivity contribution in [3.63, 3.8) is 0 Å². The fraction of sp³-hybridized carbons (Fsp3) is 0.130. The second-order valence-corrected chi connectivity index (χ2v) is 7.10. The van der Waals surface area contributed by atoms with E-state index in [1.807, 2.05) is 0 Å². The van der Waals surface area contributed by atoms with E-state index < -0.39 is 17.9 Å². The number of phenolic OH excluding ortho intramolecular Hbond substituents is 1. The van der Waals surface area contributed by atoms with Gasteiger partial charge < -0.3 is 25.5 Å². The Labute approximate surface area is 172 Å². The van der Waals surface area contributed by atoms with Crippen LogP contribution >= 0.6 is 0 Å². The van der Waals surface area contributed by atoms with Gasteiger partial charge in [-0.15, -0.1) is 0 Å². The molecule has 0 aromatic heterocycles. The monoisotopic (exact) mass is 408 g/mol. The Kier molecular flexibility index (Phi) is 5.38. The van der Waals surface area contributed by atoms with Crippen LogP contribution in [0.4, 0.5) is 0 Å². The van der Waals surface area contributed by atoms with Crippen molar-refractivity contribution in [1.29, 1.82) is 0 Å². The molecule has 0 heterocycles. The lowest BCUT2D eigenvalue weighted by atomic mass is 9.82. The van der Waals surface area contributed by atoms with Crippen LogP contribution in [0.5, 0.6) is 17.2 Å². The molecule has 0 unspecified atom stereocenters. The van der Waals surface area contributed by atoms with Crippen molar-refractivity contribution < 1.29 is 35.1 Å². The maximum Gasteiger partial charge on any atom is 0.339 e. The molecule has 7 heteroatoms. The molecule has 154 valence electrons. The summed E-state index contributed by atoms with van der Waals surface area (Å²) >= 11 is 0. The molecule has 7 nitrogen and oxygen atoms in total. The Morgan fingerprint density at radius 2 is 1.07 bits per heavy atom. The molecule has 0 aliphatic heterocycles. The van der Waals surface area contributed by atoms with E-state index >= 15 is 0 Å². The van der Waals surface area contributed by atoms with Crippen molar-refractivity contribution in [2.24, 2.45) is 0 Å². The summed E-state index contributed by atoms with van der Waals surface area (Å²) in [6, 6.07) is 12.2.